The molecule has 2 aromatic heterocycles. The van der Waals surface area contributed by atoms with Gasteiger partial charge in [-0.15, -0.1) is 0 Å². The number of rotatable bonds is 2. The second-order valence-electron chi connectivity index (χ2n) is 7.71. The molecular formula is C23H21N3O3. The molecule has 0 aliphatic carbocycles. The molecule has 6 heteroatoms. The Bertz CT molecular complexity index is 1160. The second-order valence-corrected chi connectivity index (χ2v) is 7.71. The Labute approximate surface area is 168 Å². The van der Waals surface area contributed by atoms with Gasteiger partial charge in [0.2, 0.25) is 11.8 Å². The standard InChI is InChI=1S/C23H21N3O3/c1-14-10-16-11-15(12-24-22(16)25-23(14)28)6-7-21(27)26-9-8-18-17-4-2-3-5-19(17)29-20(18)13-26/h2-7,11-12,14H,8-10,13H2,1H3,(H,24,25,28)/b7-6+. The van der Waals surface area contributed by atoms with Gasteiger partial charge in [0.25, 0.3) is 0 Å². The molecule has 1 aromatic carbocycles. The van der Waals surface area contributed by atoms with Crippen LogP contribution in [0.5, 0.6) is 0 Å². The predicted molar refractivity (Wildman–Crippen MR) is 110 cm³/mol. The van der Waals surface area contributed by atoms with Gasteiger partial charge in [-0.1, -0.05) is 25.1 Å². The normalized spacial score (nSPS) is 18.6. The van der Waals surface area contributed by atoms with Crippen molar-refractivity contribution in [1.29, 1.82) is 0 Å². The minimum atomic E-state index is -0.0727. The molecule has 3 aromatic rings. The highest BCUT2D eigenvalue weighted by Gasteiger charge is 2.25. The van der Waals surface area contributed by atoms with Gasteiger partial charge in [-0.3, -0.25) is 9.59 Å². The van der Waals surface area contributed by atoms with Crippen molar-refractivity contribution in [2.45, 2.75) is 26.3 Å². The zero-order valence-corrected chi connectivity index (χ0v) is 16.1. The summed E-state index contributed by atoms with van der Waals surface area (Å²) in [6.07, 6.45) is 6.49. The highest BCUT2D eigenvalue weighted by Crippen LogP contribution is 2.30. The van der Waals surface area contributed by atoms with Crippen LogP contribution in [0.2, 0.25) is 0 Å². The number of anilines is 1. The van der Waals surface area contributed by atoms with E-state index < -0.39 is 0 Å². The molecule has 146 valence electrons. The SMILES string of the molecule is CC1Cc2cc(/C=C/C(=O)N3CCc4c(oc5ccccc45)C3)cnc2NC1=O. The average Bonchev–Trinajstić information content (AvgIpc) is 3.10. The fourth-order valence-corrected chi connectivity index (χ4v) is 4.06. The van der Waals surface area contributed by atoms with E-state index in [1.807, 2.05) is 31.2 Å². The van der Waals surface area contributed by atoms with Crippen molar-refractivity contribution in [3.63, 3.8) is 0 Å². The summed E-state index contributed by atoms with van der Waals surface area (Å²) < 4.78 is 5.95. The summed E-state index contributed by atoms with van der Waals surface area (Å²) in [4.78, 5) is 30.6. The van der Waals surface area contributed by atoms with Crippen LogP contribution in [-0.4, -0.2) is 28.2 Å². The molecule has 1 atom stereocenters. The van der Waals surface area contributed by atoms with Gasteiger partial charge < -0.3 is 14.6 Å². The van der Waals surface area contributed by atoms with Gasteiger partial charge in [-0.05, 0) is 42.2 Å². The third-order valence-electron chi connectivity index (χ3n) is 5.68. The number of carbonyl (C=O) groups is 2. The van der Waals surface area contributed by atoms with Gasteiger partial charge in [0, 0.05) is 35.7 Å². The zero-order valence-electron chi connectivity index (χ0n) is 16.1. The Morgan fingerprint density at radius 2 is 2.21 bits per heavy atom. The lowest BCUT2D eigenvalue weighted by Crippen LogP contribution is -2.34. The van der Waals surface area contributed by atoms with Crippen molar-refractivity contribution in [3.05, 3.63) is 65.1 Å². The number of nitrogens with zero attached hydrogens (tertiary/aromatic N) is 2. The summed E-state index contributed by atoms with van der Waals surface area (Å²) in [7, 11) is 0. The fourth-order valence-electron chi connectivity index (χ4n) is 4.06. The van der Waals surface area contributed by atoms with E-state index in [4.69, 9.17) is 4.42 Å². The molecule has 1 unspecified atom stereocenters. The highest BCUT2D eigenvalue weighted by molar-refractivity contribution is 5.95. The van der Waals surface area contributed by atoms with Crippen LogP contribution in [0, 0.1) is 5.92 Å². The highest BCUT2D eigenvalue weighted by atomic mass is 16.3. The Morgan fingerprint density at radius 3 is 3.10 bits per heavy atom. The van der Waals surface area contributed by atoms with Gasteiger partial charge >= 0.3 is 0 Å². The molecule has 0 saturated carbocycles. The molecule has 5 rings (SSSR count). The summed E-state index contributed by atoms with van der Waals surface area (Å²) in [6.45, 7) is 3.05. The summed E-state index contributed by atoms with van der Waals surface area (Å²) >= 11 is 0. The average molecular weight is 387 g/mol. The smallest absolute Gasteiger partial charge is 0.246 e. The van der Waals surface area contributed by atoms with Crippen molar-refractivity contribution < 1.29 is 14.0 Å². The van der Waals surface area contributed by atoms with Gasteiger partial charge in [-0.25, -0.2) is 4.98 Å². The van der Waals surface area contributed by atoms with Gasteiger partial charge in [0.15, 0.2) is 0 Å². The van der Waals surface area contributed by atoms with Crippen LogP contribution in [0.15, 0.2) is 47.0 Å². The lowest BCUT2D eigenvalue weighted by molar-refractivity contribution is -0.127. The molecule has 0 fully saturated rings. The van der Waals surface area contributed by atoms with E-state index in [9.17, 15) is 9.59 Å². The lowest BCUT2D eigenvalue weighted by atomic mass is 9.96. The monoisotopic (exact) mass is 387 g/mol. The van der Waals surface area contributed by atoms with E-state index >= 15 is 0 Å². The second kappa shape index (κ2) is 6.88. The minimum absolute atomic E-state index is 0.00137. The van der Waals surface area contributed by atoms with Gasteiger partial charge in [0.1, 0.15) is 17.2 Å². The first-order chi connectivity index (χ1) is 14.1. The van der Waals surface area contributed by atoms with E-state index in [2.05, 4.69) is 16.4 Å². The largest absolute Gasteiger partial charge is 0.459 e. The Kier molecular flexibility index (Phi) is 4.19. The molecule has 2 aliphatic heterocycles. The van der Waals surface area contributed by atoms with Gasteiger partial charge in [0.05, 0.1) is 6.54 Å². The number of nitrogens with one attached hydrogen (secondary N) is 1. The first-order valence-corrected chi connectivity index (χ1v) is 9.84. The number of carbonyl (C=O) groups excluding carboxylic acids is 2. The molecule has 0 bridgehead atoms. The number of fused-ring (bicyclic) bond motifs is 4. The lowest BCUT2D eigenvalue weighted by Gasteiger charge is -2.25. The summed E-state index contributed by atoms with van der Waals surface area (Å²) in [5, 5.41) is 3.96. The van der Waals surface area contributed by atoms with E-state index in [-0.39, 0.29) is 17.7 Å². The quantitative estimate of drug-likeness (QED) is 0.682. The summed E-state index contributed by atoms with van der Waals surface area (Å²) in [5.74, 6) is 1.37. The van der Waals surface area contributed by atoms with E-state index in [0.717, 1.165) is 34.3 Å². The molecule has 0 radical (unpaired) electrons. The summed E-state index contributed by atoms with van der Waals surface area (Å²) in [5.41, 5.74) is 3.94. The molecule has 29 heavy (non-hydrogen) atoms. The van der Waals surface area contributed by atoms with E-state index in [0.29, 0.717) is 25.3 Å². The van der Waals surface area contributed by atoms with Crippen LogP contribution >= 0.6 is 0 Å². The Hall–Kier alpha value is -3.41. The van der Waals surface area contributed by atoms with E-state index in [1.54, 1.807) is 23.2 Å². The molecule has 2 aliphatic rings. The number of hydrogen-bond acceptors (Lipinski definition) is 4. The van der Waals surface area contributed by atoms with Crippen LogP contribution in [0.4, 0.5) is 5.82 Å². The minimum Gasteiger partial charge on any atom is -0.459 e. The van der Waals surface area contributed by atoms with Crippen LogP contribution in [0.25, 0.3) is 17.0 Å². The third-order valence-corrected chi connectivity index (χ3v) is 5.68. The van der Waals surface area contributed by atoms with Crippen LogP contribution < -0.4 is 5.32 Å². The van der Waals surface area contributed by atoms with E-state index in [1.165, 1.54) is 5.56 Å². The zero-order chi connectivity index (χ0) is 20.0. The molecule has 6 nitrogen and oxygen atoms in total. The molecule has 1 N–H and O–H groups in total. The number of furan rings is 1. The molecule has 2 amide bonds. The van der Waals surface area contributed by atoms with Crippen LogP contribution in [-0.2, 0) is 29.0 Å². The molecule has 0 saturated heterocycles. The predicted octanol–water partition coefficient (Wildman–Crippen LogP) is 3.56. The third kappa shape index (κ3) is 3.20. The van der Waals surface area contributed by atoms with Crippen molar-refractivity contribution in [3.8, 4) is 0 Å². The number of hydrogen-bond donors (Lipinski definition) is 1. The van der Waals surface area contributed by atoms with Crippen molar-refractivity contribution >= 4 is 34.7 Å². The maximum Gasteiger partial charge on any atom is 0.246 e. The number of para-hydroxylation sites is 1. The first-order valence-electron chi connectivity index (χ1n) is 9.84. The Morgan fingerprint density at radius 1 is 1.34 bits per heavy atom. The molecule has 4 heterocycles. The maximum atomic E-state index is 12.7. The summed E-state index contributed by atoms with van der Waals surface area (Å²) in [6, 6.07) is 9.99. The number of benzene rings is 1. The van der Waals surface area contributed by atoms with Crippen molar-refractivity contribution in [2.24, 2.45) is 5.92 Å². The fraction of sp³-hybridized carbons (Fsp3) is 0.261. The van der Waals surface area contributed by atoms with Gasteiger partial charge in [-0.2, -0.15) is 0 Å². The van der Waals surface area contributed by atoms with Crippen molar-refractivity contribution in [1.82, 2.24) is 9.88 Å². The Balaban J connectivity index is 1.31. The van der Waals surface area contributed by atoms with Crippen LogP contribution in [0.1, 0.15) is 29.4 Å². The molecule has 0 spiro atoms. The number of aromatic nitrogens is 1. The van der Waals surface area contributed by atoms with Crippen LogP contribution in [0.3, 0.4) is 0 Å². The first kappa shape index (κ1) is 17.7. The number of pyridine rings is 1. The topological polar surface area (TPSA) is 75.4 Å². The molecular weight excluding hydrogens is 366 g/mol. The van der Waals surface area contributed by atoms with Crippen molar-refractivity contribution in [2.75, 3.05) is 11.9 Å². The number of amides is 2. The maximum absolute atomic E-state index is 12.7.